The summed E-state index contributed by atoms with van der Waals surface area (Å²) in [6, 6.07) is 4.44. The van der Waals surface area contributed by atoms with Crippen LogP contribution in [-0.4, -0.2) is 37.6 Å². The minimum atomic E-state index is -3.80. The molecular weight excluding hydrogens is 336 g/mol. The zero-order valence-corrected chi connectivity index (χ0v) is 12.4. The molecule has 0 fully saturated rings. The van der Waals surface area contributed by atoms with Gasteiger partial charge in [-0.3, -0.25) is 9.59 Å². The van der Waals surface area contributed by atoms with Crippen molar-refractivity contribution in [2.45, 2.75) is 11.8 Å². The number of benzene rings is 1. The van der Waals surface area contributed by atoms with Gasteiger partial charge in [-0.15, -0.1) is 0 Å². The molecule has 1 aliphatic rings. The molecule has 0 spiro atoms. The molecule has 1 aliphatic heterocycles. The van der Waals surface area contributed by atoms with E-state index in [-0.39, 0.29) is 29.5 Å². The predicted molar refractivity (Wildman–Crippen MR) is 71.0 cm³/mol. The van der Waals surface area contributed by atoms with Crippen LogP contribution >= 0.6 is 15.9 Å². The second-order valence-electron chi connectivity index (χ2n) is 4.01. The Morgan fingerprint density at radius 2 is 2.11 bits per heavy atom. The molecule has 102 valence electrons. The van der Waals surface area contributed by atoms with Crippen molar-refractivity contribution in [2.24, 2.45) is 0 Å². The molecule has 2 amide bonds. The Morgan fingerprint density at radius 3 is 2.74 bits per heavy atom. The van der Waals surface area contributed by atoms with Gasteiger partial charge in [0.15, 0.2) is 0 Å². The van der Waals surface area contributed by atoms with Crippen molar-refractivity contribution in [2.75, 3.05) is 13.1 Å². The highest BCUT2D eigenvalue weighted by atomic mass is 79.9. The van der Waals surface area contributed by atoms with E-state index in [1.165, 1.54) is 19.1 Å². The molecule has 0 bridgehead atoms. The maximum Gasteiger partial charge on any atom is 0.269 e. The number of halogens is 1. The number of hydrogen-bond donors (Lipinski definition) is 1. The summed E-state index contributed by atoms with van der Waals surface area (Å²) in [4.78, 5) is 22.8. The van der Waals surface area contributed by atoms with Crippen molar-refractivity contribution < 1.29 is 18.0 Å². The van der Waals surface area contributed by atoms with E-state index in [1.54, 1.807) is 6.07 Å². The Bertz CT molecular complexity index is 657. The molecular formula is C11H11BrN2O4S. The summed E-state index contributed by atoms with van der Waals surface area (Å²) >= 11 is 3.20. The van der Waals surface area contributed by atoms with Crippen LogP contribution in [0.4, 0.5) is 0 Å². The summed E-state index contributed by atoms with van der Waals surface area (Å²) < 4.78 is 25.7. The topological polar surface area (TPSA) is 83.6 Å². The fourth-order valence-corrected chi connectivity index (χ4v) is 3.72. The minimum Gasteiger partial charge on any atom is -0.355 e. The number of rotatable bonds is 3. The highest BCUT2D eigenvalue weighted by molar-refractivity contribution is 9.10. The van der Waals surface area contributed by atoms with Gasteiger partial charge in [0.1, 0.15) is 4.90 Å². The zero-order valence-electron chi connectivity index (χ0n) is 10.0. The highest BCUT2D eigenvalue weighted by Crippen LogP contribution is 2.31. The molecule has 1 aromatic carbocycles. The lowest BCUT2D eigenvalue weighted by atomic mass is 10.2. The van der Waals surface area contributed by atoms with Crippen molar-refractivity contribution in [3.63, 3.8) is 0 Å². The molecule has 0 saturated heterocycles. The van der Waals surface area contributed by atoms with E-state index in [1.807, 2.05) is 0 Å². The minimum absolute atomic E-state index is 0.00326. The van der Waals surface area contributed by atoms with E-state index in [0.717, 1.165) is 4.31 Å². The van der Waals surface area contributed by atoms with Gasteiger partial charge in [-0.25, -0.2) is 12.7 Å². The lowest BCUT2D eigenvalue weighted by Crippen LogP contribution is -2.37. The molecule has 0 radical (unpaired) electrons. The number of carbonyl (C=O) groups is 2. The number of nitrogens with zero attached hydrogens (tertiary/aromatic N) is 1. The molecule has 0 atom stereocenters. The van der Waals surface area contributed by atoms with Gasteiger partial charge in [-0.1, -0.05) is 15.9 Å². The van der Waals surface area contributed by atoms with E-state index in [4.69, 9.17) is 0 Å². The Hall–Kier alpha value is -1.41. The first-order valence-corrected chi connectivity index (χ1v) is 7.68. The van der Waals surface area contributed by atoms with Gasteiger partial charge >= 0.3 is 0 Å². The quantitative estimate of drug-likeness (QED) is 0.874. The van der Waals surface area contributed by atoms with Gasteiger partial charge in [0.25, 0.3) is 15.9 Å². The van der Waals surface area contributed by atoms with Crippen molar-refractivity contribution >= 4 is 37.8 Å². The van der Waals surface area contributed by atoms with Crippen molar-refractivity contribution in [1.82, 2.24) is 9.62 Å². The first-order chi connectivity index (χ1) is 8.84. The summed E-state index contributed by atoms with van der Waals surface area (Å²) in [5.41, 5.74) is 0.150. The van der Waals surface area contributed by atoms with Gasteiger partial charge in [0, 0.05) is 17.9 Å². The first kappa shape index (κ1) is 14.0. The Balaban J connectivity index is 2.30. The number of amides is 2. The van der Waals surface area contributed by atoms with E-state index in [9.17, 15) is 18.0 Å². The second-order valence-corrected chi connectivity index (χ2v) is 6.75. The number of nitrogens with one attached hydrogen (secondary N) is 1. The van der Waals surface area contributed by atoms with Crippen LogP contribution in [0.1, 0.15) is 17.3 Å². The standard InChI is InChI=1S/C11H11BrN2O4S/c1-7(15)13-4-5-14-11(16)9-6-8(12)2-3-10(9)19(14,17)18/h2-3,6H,4-5H2,1H3,(H,13,15). The fourth-order valence-electron chi connectivity index (χ4n) is 1.81. The Morgan fingerprint density at radius 1 is 1.42 bits per heavy atom. The van der Waals surface area contributed by atoms with E-state index >= 15 is 0 Å². The maximum absolute atomic E-state index is 12.2. The average molecular weight is 347 g/mol. The monoisotopic (exact) mass is 346 g/mol. The summed E-state index contributed by atoms with van der Waals surface area (Å²) in [6.45, 7) is 1.34. The Kier molecular flexibility index (Phi) is 3.64. The van der Waals surface area contributed by atoms with Crippen molar-refractivity contribution in [3.8, 4) is 0 Å². The molecule has 0 unspecified atom stereocenters. The first-order valence-electron chi connectivity index (χ1n) is 5.45. The van der Waals surface area contributed by atoms with E-state index < -0.39 is 15.9 Å². The van der Waals surface area contributed by atoms with Gasteiger partial charge in [-0.05, 0) is 18.2 Å². The van der Waals surface area contributed by atoms with Crippen LogP contribution in [-0.2, 0) is 14.8 Å². The SMILES string of the molecule is CC(=O)NCCN1C(=O)c2cc(Br)ccc2S1(=O)=O. The Labute approximate surface area is 119 Å². The summed E-state index contributed by atoms with van der Waals surface area (Å²) in [7, 11) is -3.80. The number of fused-ring (bicyclic) bond motifs is 1. The largest absolute Gasteiger partial charge is 0.355 e. The van der Waals surface area contributed by atoms with Gasteiger partial charge in [0.05, 0.1) is 12.1 Å². The normalized spacial score (nSPS) is 16.3. The third-order valence-electron chi connectivity index (χ3n) is 2.66. The third-order valence-corrected chi connectivity index (χ3v) is 4.99. The van der Waals surface area contributed by atoms with Crippen LogP contribution in [0.3, 0.4) is 0 Å². The van der Waals surface area contributed by atoms with Crippen LogP contribution in [0.25, 0.3) is 0 Å². The van der Waals surface area contributed by atoms with Crippen LogP contribution < -0.4 is 5.32 Å². The summed E-state index contributed by atoms with van der Waals surface area (Å²) in [6.07, 6.45) is 0. The van der Waals surface area contributed by atoms with Gasteiger partial charge in [-0.2, -0.15) is 0 Å². The molecule has 2 rings (SSSR count). The molecule has 6 nitrogen and oxygen atoms in total. The smallest absolute Gasteiger partial charge is 0.269 e. The fraction of sp³-hybridized carbons (Fsp3) is 0.273. The summed E-state index contributed by atoms with van der Waals surface area (Å²) in [5.74, 6) is -0.842. The molecule has 1 N–H and O–H groups in total. The zero-order chi connectivity index (χ0) is 14.2. The van der Waals surface area contributed by atoms with Crippen molar-refractivity contribution in [3.05, 3.63) is 28.2 Å². The highest BCUT2D eigenvalue weighted by Gasteiger charge is 2.40. The molecule has 8 heteroatoms. The van der Waals surface area contributed by atoms with E-state index in [2.05, 4.69) is 21.2 Å². The van der Waals surface area contributed by atoms with Gasteiger partial charge < -0.3 is 5.32 Å². The summed E-state index contributed by atoms with van der Waals surface area (Å²) in [5, 5.41) is 2.46. The second kappa shape index (κ2) is 4.93. The number of sulfonamides is 1. The van der Waals surface area contributed by atoms with Gasteiger partial charge in [0.2, 0.25) is 5.91 Å². The molecule has 0 aliphatic carbocycles. The van der Waals surface area contributed by atoms with Crippen LogP contribution in [0.5, 0.6) is 0 Å². The predicted octanol–water partition coefficient (Wildman–Crippen LogP) is 0.730. The maximum atomic E-state index is 12.2. The van der Waals surface area contributed by atoms with Crippen LogP contribution in [0.2, 0.25) is 0 Å². The molecule has 1 aromatic rings. The lowest BCUT2D eigenvalue weighted by Gasteiger charge is -2.14. The molecule has 19 heavy (non-hydrogen) atoms. The lowest BCUT2D eigenvalue weighted by molar-refractivity contribution is -0.118. The molecule has 0 aromatic heterocycles. The van der Waals surface area contributed by atoms with Crippen LogP contribution in [0.15, 0.2) is 27.6 Å². The average Bonchev–Trinajstić information content (AvgIpc) is 2.49. The molecule has 1 heterocycles. The third kappa shape index (κ3) is 2.50. The number of carbonyl (C=O) groups excluding carboxylic acids is 2. The van der Waals surface area contributed by atoms with Crippen LogP contribution in [0, 0.1) is 0 Å². The number of hydrogen-bond acceptors (Lipinski definition) is 4. The van der Waals surface area contributed by atoms with E-state index in [0.29, 0.717) is 4.47 Å². The van der Waals surface area contributed by atoms with Crippen molar-refractivity contribution in [1.29, 1.82) is 0 Å². The molecule has 0 saturated carbocycles.